The number of benzene rings is 1. The number of nitrogens with one attached hydrogen (secondary N) is 1. The van der Waals surface area contributed by atoms with Crippen LogP contribution in [0.2, 0.25) is 0 Å². The van der Waals surface area contributed by atoms with Gasteiger partial charge in [-0.25, -0.2) is 4.98 Å². The van der Waals surface area contributed by atoms with E-state index in [0.717, 1.165) is 17.1 Å². The first kappa shape index (κ1) is 13.3. The Morgan fingerprint density at radius 2 is 1.84 bits per heavy atom. The van der Waals surface area contributed by atoms with Crippen molar-refractivity contribution < 1.29 is 0 Å². The summed E-state index contributed by atoms with van der Waals surface area (Å²) >= 11 is 0. The maximum absolute atomic E-state index is 4.34. The molecule has 1 N–H and O–H groups in total. The standard InChI is InChI=1S/C16H19N3/c1-12(2)14-7-9-15(10-8-14)13(3)18-19-16-6-4-5-11-17-16/h4-12H,1-3H3,(H,17,19)/b18-13-. The smallest absolute Gasteiger partial charge is 0.146 e. The second kappa shape index (κ2) is 6.14. The van der Waals surface area contributed by atoms with E-state index in [2.05, 4.69) is 53.6 Å². The summed E-state index contributed by atoms with van der Waals surface area (Å²) in [5, 5.41) is 4.34. The fourth-order valence-electron chi connectivity index (χ4n) is 1.74. The topological polar surface area (TPSA) is 37.3 Å². The van der Waals surface area contributed by atoms with Crippen LogP contribution < -0.4 is 5.43 Å². The van der Waals surface area contributed by atoms with E-state index in [-0.39, 0.29) is 0 Å². The van der Waals surface area contributed by atoms with Gasteiger partial charge in [-0.1, -0.05) is 44.2 Å². The summed E-state index contributed by atoms with van der Waals surface area (Å²) in [5.74, 6) is 1.30. The lowest BCUT2D eigenvalue weighted by Gasteiger charge is -2.07. The normalized spacial score (nSPS) is 11.7. The van der Waals surface area contributed by atoms with Gasteiger partial charge in [-0.3, -0.25) is 5.43 Å². The van der Waals surface area contributed by atoms with Crippen molar-refractivity contribution in [2.24, 2.45) is 5.10 Å². The van der Waals surface area contributed by atoms with E-state index in [1.165, 1.54) is 5.56 Å². The van der Waals surface area contributed by atoms with Crippen LogP contribution in [0, 0.1) is 0 Å². The molecule has 2 aromatic rings. The Kier molecular flexibility index (Phi) is 4.29. The second-order valence-electron chi connectivity index (χ2n) is 4.80. The van der Waals surface area contributed by atoms with Gasteiger partial charge < -0.3 is 0 Å². The molecule has 1 aromatic heterocycles. The molecule has 1 aromatic carbocycles. The average Bonchev–Trinajstić information content (AvgIpc) is 2.46. The van der Waals surface area contributed by atoms with E-state index in [1.54, 1.807) is 6.20 Å². The zero-order valence-electron chi connectivity index (χ0n) is 11.6. The summed E-state index contributed by atoms with van der Waals surface area (Å²) in [4.78, 5) is 4.16. The summed E-state index contributed by atoms with van der Waals surface area (Å²) in [6, 6.07) is 14.2. The third kappa shape index (κ3) is 3.65. The summed E-state index contributed by atoms with van der Waals surface area (Å²) in [6.45, 7) is 6.37. The van der Waals surface area contributed by atoms with E-state index in [0.29, 0.717) is 5.92 Å². The molecule has 0 spiro atoms. The number of rotatable bonds is 4. The highest BCUT2D eigenvalue weighted by atomic mass is 15.3. The molecule has 0 amide bonds. The quantitative estimate of drug-likeness (QED) is 0.659. The van der Waals surface area contributed by atoms with Crippen LogP contribution in [0.4, 0.5) is 5.82 Å². The molecule has 0 radical (unpaired) electrons. The summed E-state index contributed by atoms with van der Waals surface area (Å²) in [5.41, 5.74) is 6.36. The molecule has 0 fully saturated rings. The van der Waals surface area contributed by atoms with Crippen molar-refractivity contribution in [1.82, 2.24) is 4.98 Å². The highest BCUT2D eigenvalue weighted by Crippen LogP contribution is 2.15. The molecule has 19 heavy (non-hydrogen) atoms. The highest BCUT2D eigenvalue weighted by Gasteiger charge is 2.01. The Balaban J connectivity index is 2.08. The third-order valence-electron chi connectivity index (χ3n) is 3.00. The number of hydrazone groups is 1. The van der Waals surface area contributed by atoms with Gasteiger partial charge in [0.05, 0.1) is 5.71 Å². The van der Waals surface area contributed by atoms with Gasteiger partial charge >= 0.3 is 0 Å². The lowest BCUT2D eigenvalue weighted by Crippen LogP contribution is -2.01. The maximum Gasteiger partial charge on any atom is 0.146 e. The first-order chi connectivity index (χ1) is 9.16. The molecule has 3 nitrogen and oxygen atoms in total. The third-order valence-corrected chi connectivity index (χ3v) is 3.00. The number of hydrogen-bond acceptors (Lipinski definition) is 3. The Morgan fingerprint density at radius 3 is 2.42 bits per heavy atom. The van der Waals surface area contributed by atoms with Crippen LogP contribution in [0.25, 0.3) is 0 Å². The zero-order chi connectivity index (χ0) is 13.7. The molecule has 0 saturated carbocycles. The van der Waals surface area contributed by atoms with Crippen molar-refractivity contribution in [2.75, 3.05) is 5.43 Å². The molecule has 0 aliphatic heterocycles. The lowest BCUT2D eigenvalue weighted by molar-refractivity contribution is 0.866. The maximum atomic E-state index is 4.34. The Labute approximate surface area is 114 Å². The molecule has 0 unspecified atom stereocenters. The minimum absolute atomic E-state index is 0.554. The van der Waals surface area contributed by atoms with Crippen LogP contribution in [0.15, 0.2) is 53.8 Å². The first-order valence-corrected chi connectivity index (χ1v) is 6.48. The molecule has 0 atom stereocenters. The average molecular weight is 253 g/mol. The number of pyridine rings is 1. The minimum atomic E-state index is 0.554. The van der Waals surface area contributed by atoms with Crippen molar-refractivity contribution in [3.05, 3.63) is 59.8 Å². The fourth-order valence-corrected chi connectivity index (χ4v) is 1.74. The monoisotopic (exact) mass is 253 g/mol. The predicted molar refractivity (Wildman–Crippen MR) is 80.6 cm³/mol. The van der Waals surface area contributed by atoms with Gasteiger partial charge in [0.1, 0.15) is 5.82 Å². The van der Waals surface area contributed by atoms with Crippen LogP contribution in [0.5, 0.6) is 0 Å². The van der Waals surface area contributed by atoms with Crippen molar-refractivity contribution in [3.63, 3.8) is 0 Å². The summed E-state index contributed by atoms with van der Waals surface area (Å²) in [7, 11) is 0. The molecule has 3 heteroatoms. The molecule has 0 aliphatic rings. The molecule has 0 aliphatic carbocycles. The Hall–Kier alpha value is -2.16. The molecule has 1 heterocycles. The fraction of sp³-hybridized carbons (Fsp3) is 0.250. The van der Waals surface area contributed by atoms with Gasteiger partial charge in [0, 0.05) is 6.20 Å². The van der Waals surface area contributed by atoms with Crippen molar-refractivity contribution in [2.45, 2.75) is 26.7 Å². The van der Waals surface area contributed by atoms with Crippen molar-refractivity contribution >= 4 is 11.5 Å². The summed E-state index contributed by atoms with van der Waals surface area (Å²) < 4.78 is 0. The molecule has 0 bridgehead atoms. The van der Waals surface area contributed by atoms with E-state index < -0.39 is 0 Å². The van der Waals surface area contributed by atoms with Gasteiger partial charge in [-0.2, -0.15) is 5.10 Å². The SMILES string of the molecule is C/C(=N/Nc1ccccn1)c1ccc(C(C)C)cc1. The minimum Gasteiger partial charge on any atom is -0.261 e. The van der Waals surface area contributed by atoms with Gasteiger partial charge in [0.2, 0.25) is 0 Å². The molecular weight excluding hydrogens is 234 g/mol. The van der Waals surface area contributed by atoms with Crippen LogP contribution in [0.1, 0.15) is 37.8 Å². The van der Waals surface area contributed by atoms with Crippen LogP contribution in [0.3, 0.4) is 0 Å². The van der Waals surface area contributed by atoms with Crippen LogP contribution >= 0.6 is 0 Å². The highest BCUT2D eigenvalue weighted by molar-refractivity contribution is 5.99. The van der Waals surface area contributed by atoms with E-state index in [4.69, 9.17) is 0 Å². The van der Waals surface area contributed by atoms with E-state index in [9.17, 15) is 0 Å². The first-order valence-electron chi connectivity index (χ1n) is 6.48. The van der Waals surface area contributed by atoms with Gasteiger partial charge in [0.25, 0.3) is 0 Å². The van der Waals surface area contributed by atoms with E-state index in [1.807, 2.05) is 25.1 Å². The van der Waals surface area contributed by atoms with Crippen LogP contribution in [-0.4, -0.2) is 10.7 Å². The van der Waals surface area contributed by atoms with Crippen molar-refractivity contribution in [1.29, 1.82) is 0 Å². The van der Waals surface area contributed by atoms with Gasteiger partial charge in [-0.05, 0) is 36.1 Å². The van der Waals surface area contributed by atoms with Crippen LogP contribution in [-0.2, 0) is 0 Å². The Morgan fingerprint density at radius 1 is 1.11 bits per heavy atom. The number of aromatic nitrogens is 1. The van der Waals surface area contributed by atoms with Crippen molar-refractivity contribution in [3.8, 4) is 0 Å². The summed E-state index contributed by atoms with van der Waals surface area (Å²) in [6.07, 6.45) is 1.74. The largest absolute Gasteiger partial charge is 0.261 e. The zero-order valence-corrected chi connectivity index (χ0v) is 11.6. The second-order valence-corrected chi connectivity index (χ2v) is 4.80. The van der Waals surface area contributed by atoms with Gasteiger partial charge in [0.15, 0.2) is 0 Å². The van der Waals surface area contributed by atoms with Gasteiger partial charge in [-0.15, -0.1) is 0 Å². The lowest BCUT2D eigenvalue weighted by atomic mass is 10.0. The number of hydrogen-bond donors (Lipinski definition) is 1. The number of nitrogens with zero attached hydrogens (tertiary/aromatic N) is 2. The molecular formula is C16H19N3. The molecule has 2 rings (SSSR count). The molecule has 0 saturated heterocycles. The molecule has 98 valence electrons. The predicted octanol–water partition coefficient (Wildman–Crippen LogP) is 4.04. The van der Waals surface area contributed by atoms with E-state index >= 15 is 0 Å². The Bertz CT molecular complexity index is 542. The number of anilines is 1.